The third-order valence-corrected chi connectivity index (χ3v) is 4.19. The Morgan fingerprint density at radius 3 is 3.06 bits per heavy atom. The largest absolute Gasteiger partial charge is 0.383 e. The van der Waals surface area contributed by atoms with Gasteiger partial charge in [0, 0.05) is 39.2 Å². The Bertz CT molecular complexity index is 433. The molecule has 0 saturated carbocycles. The monoisotopic (exact) mass is 269 g/mol. The van der Waals surface area contributed by atoms with E-state index in [9.17, 15) is 4.79 Å². The lowest BCUT2D eigenvalue weighted by molar-refractivity contribution is 0.0744. The van der Waals surface area contributed by atoms with Gasteiger partial charge in [0.1, 0.15) is 5.82 Å². The number of hydrogen-bond acceptors (Lipinski definition) is 5. The smallest absolute Gasteiger partial charge is 0.282 e. The van der Waals surface area contributed by atoms with Gasteiger partial charge in [-0.1, -0.05) is 0 Å². The Kier molecular flexibility index (Phi) is 4.19. The summed E-state index contributed by atoms with van der Waals surface area (Å²) in [5.74, 6) is 0.967. The van der Waals surface area contributed by atoms with Gasteiger partial charge in [-0.25, -0.2) is 4.98 Å². The van der Waals surface area contributed by atoms with Crippen LogP contribution in [0.3, 0.4) is 0 Å². The van der Waals surface area contributed by atoms with Crippen molar-refractivity contribution in [2.75, 3.05) is 45.8 Å². The highest BCUT2D eigenvalue weighted by Crippen LogP contribution is 2.31. The van der Waals surface area contributed by atoms with Crippen LogP contribution in [0.25, 0.3) is 0 Å². The summed E-state index contributed by atoms with van der Waals surface area (Å²) >= 11 is 1.52. The van der Waals surface area contributed by atoms with Gasteiger partial charge in [-0.05, 0) is 12.8 Å². The SMILES string of the molecule is COCCN(C)C(=O)c1nc2c(s1)CCCN2C. The molecule has 0 radical (unpaired) electrons. The fourth-order valence-corrected chi connectivity index (χ4v) is 3.12. The van der Waals surface area contributed by atoms with Crippen LogP contribution in [0.5, 0.6) is 0 Å². The quantitative estimate of drug-likeness (QED) is 0.825. The van der Waals surface area contributed by atoms with Crippen LogP contribution in [0.1, 0.15) is 21.1 Å². The number of likely N-dealkylation sites (N-methyl/N-ethyl adjacent to an activating group) is 1. The summed E-state index contributed by atoms with van der Waals surface area (Å²) in [6, 6.07) is 0. The zero-order chi connectivity index (χ0) is 13.1. The average Bonchev–Trinajstić information content (AvgIpc) is 2.80. The second-order valence-corrected chi connectivity index (χ2v) is 5.59. The van der Waals surface area contributed by atoms with Crippen molar-refractivity contribution in [3.05, 3.63) is 9.88 Å². The van der Waals surface area contributed by atoms with Crippen molar-refractivity contribution in [3.8, 4) is 0 Å². The third-order valence-electron chi connectivity index (χ3n) is 3.10. The highest BCUT2D eigenvalue weighted by molar-refractivity contribution is 7.14. The average molecular weight is 269 g/mol. The van der Waals surface area contributed by atoms with Gasteiger partial charge in [0.05, 0.1) is 6.61 Å². The molecular formula is C12H19N3O2S. The van der Waals surface area contributed by atoms with Crippen molar-refractivity contribution in [1.82, 2.24) is 9.88 Å². The van der Waals surface area contributed by atoms with Crippen LogP contribution < -0.4 is 4.90 Å². The van der Waals surface area contributed by atoms with E-state index in [0.717, 1.165) is 25.2 Å². The van der Waals surface area contributed by atoms with Crippen LogP contribution in [-0.2, 0) is 11.2 Å². The Hall–Kier alpha value is -1.14. The summed E-state index contributed by atoms with van der Waals surface area (Å²) in [7, 11) is 5.45. The van der Waals surface area contributed by atoms with Crippen LogP contribution in [0.4, 0.5) is 5.82 Å². The number of hydrogen-bond donors (Lipinski definition) is 0. The fraction of sp³-hybridized carbons (Fsp3) is 0.667. The van der Waals surface area contributed by atoms with Crippen molar-refractivity contribution < 1.29 is 9.53 Å². The van der Waals surface area contributed by atoms with E-state index in [-0.39, 0.29) is 5.91 Å². The predicted octanol–water partition coefficient (Wildman–Crippen LogP) is 1.24. The molecule has 1 aliphatic rings. The maximum Gasteiger partial charge on any atom is 0.282 e. The zero-order valence-electron chi connectivity index (χ0n) is 11.1. The van der Waals surface area contributed by atoms with Gasteiger partial charge in [-0.2, -0.15) is 0 Å². The van der Waals surface area contributed by atoms with Crippen LogP contribution in [0, 0.1) is 0 Å². The van der Waals surface area contributed by atoms with Gasteiger partial charge in [0.25, 0.3) is 5.91 Å². The molecule has 2 heterocycles. The molecule has 100 valence electrons. The van der Waals surface area contributed by atoms with E-state index < -0.39 is 0 Å². The summed E-state index contributed by atoms with van der Waals surface area (Å²) < 4.78 is 4.98. The number of aromatic nitrogens is 1. The molecular weight excluding hydrogens is 250 g/mol. The van der Waals surface area contributed by atoms with Crippen LogP contribution in [-0.4, -0.2) is 56.7 Å². The number of methoxy groups -OCH3 is 1. The minimum atomic E-state index is -0.0140. The Morgan fingerprint density at radius 1 is 1.61 bits per heavy atom. The van der Waals surface area contributed by atoms with Gasteiger partial charge in [-0.3, -0.25) is 4.79 Å². The summed E-state index contributed by atoms with van der Waals surface area (Å²) in [5.41, 5.74) is 0. The van der Waals surface area contributed by atoms with Gasteiger partial charge >= 0.3 is 0 Å². The molecule has 5 nitrogen and oxygen atoms in total. The van der Waals surface area contributed by atoms with Crippen molar-refractivity contribution in [3.63, 3.8) is 0 Å². The Balaban J connectivity index is 2.11. The standard InChI is InChI=1S/C12H19N3O2S/c1-14-6-4-5-9-10(14)13-11(18-9)12(16)15(2)7-8-17-3/h4-8H2,1-3H3. The summed E-state index contributed by atoms with van der Waals surface area (Å²) in [6.45, 7) is 2.16. The number of amides is 1. The molecule has 6 heteroatoms. The highest BCUT2D eigenvalue weighted by Gasteiger charge is 2.23. The molecule has 2 rings (SSSR count). The first kappa shape index (κ1) is 13.3. The minimum Gasteiger partial charge on any atom is -0.383 e. The Morgan fingerprint density at radius 2 is 2.39 bits per heavy atom. The third kappa shape index (κ3) is 2.64. The van der Waals surface area contributed by atoms with E-state index in [1.165, 1.54) is 16.2 Å². The number of rotatable bonds is 4. The normalized spacial score (nSPS) is 14.5. The van der Waals surface area contributed by atoms with Crippen LogP contribution in [0.15, 0.2) is 0 Å². The van der Waals surface area contributed by atoms with E-state index in [2.05, 4.69) is 9.88 Å². The molecule has 1 aromatic rings. The number of nitrogens with zero attached hydrogens (tertiary/aromatic N) is 3. The maximum absolute atomic E-state index is 12.2. The summed E-state index contributed by atoms with van der Waals surface area (Å²) in [6.07, 6.45) is 2.17. The number of carbonyl (C=O) groups excluding carboxylic acids is 1. The molecule has 0 spiro atoms. The lowest BCUT2D eigenvalue weighted by Crippen LogP contribution is -2.30. The predicted molar refractivity (Wildman–Crippen MR) is 72.5 cm³/mol. The number of thiazole rings is 1. The Labute approximate surface area is 111 Å². The van der Waals surface area contributed by atoms with E-state index in [0.29, 0.717) is 18.2 Å². The van der Waals surface area contributed by atoms with Crippen molar-refractivity contribution in [1.29, 1.82) is 0 Å². The molecule has 1 amide bonds. The number of ether oxygens (including phenoxy) is 1. The first-order valence-corrected chi connectivity index (χ1v) is 6.90. The number of fused-ring (bicyclic) bond motifs is 1. The second-order valence-electron chi connectivity index (χ2n) is 4.51. The van der Waals surface area contributed by atoms with Gasteiger partial charge < -0.3 is 14.5 Å². The van der Waals surface area contributed by atoms with E-state index in [1.54, 1.807) is 19.1 Å². The summed E-state index contributed by atoms with van der Waals surface area (Å²) in [5, 5.41) is 0.590. The molecule has 18 heavy (non-hydrogen) atoms. The number of carbonyl (C=O) groups is 1. The molecule has 0 N–H and O–H groups in total. The first-order valence-electron chi connectivity index (χ1n) is 6.08. The van der Waals surface area contributed by atoms with E-state index >= 15 is 0 Å². The van der Waals surface area contributed by atoms with Crippen LogP contribution in [0.2, 0.25) is 0 Å². The molecule has 0 unspecified atom stereocenters. The second kappa shape index (κ2) is 5.67. The molecule has 1 aromatic heterocycles. The van der Waals surface area contributed by atoms with Crippen molar-refractivity contribution in [2.24, 2.45) is 0 Å². The lowest BCUT2D eigenvalue weighted by atomic mass is 10.2. The molecule has 0 atom stereocenters. The van der Waals surface area contributed by atoms with Gasteiger partial charge in [0.15, 0.2) is 5.01 Å². The van der Waals surface area contributed by atoms with Gasteiger partial charge in [-0.15, -0.1) is 11.3 Å². The lowest BCUT2D eigenvalue weighted by Gasteiger charge is -2.22. The molecule has 0 saturated heterocycles. The fourth-order valence-electron chi connectivity index (χ4n) is 1.97. The molecule has 1 aliphatic heterocycles. The number of anilines is 1. The number of aryl methyl sites for hydroxylation is 1. The molecule has 0 aliphatic carbocycles. The molecule has 0 fully saturated rings. The zero-order valence-corrected chi connectivity index (χ0v) is 11.9. The van der Waals surface area contributed by atoms with Crippen molar-refractivity contribution >= 4 is 23.1 Å². The first-order chi connectivity index (χ1) is 8.63. The highest BCUT2D eigenvalue weighted by atomic mass is 32.1. The van der Waals surface area contributed by atoms with Crippen LogP contribution >= 0.6 is 11.3 Å². The molecule has 0 bridgehead atoms. The molecule has 0 aromatic carbocycles. The topological polar surface area (TPSA) is 45.7 Å². The van der Waals surface area contributed by atoms with E-state index in [1.807, 2.05) is 7.05 Å². The maximum atomic E-state index is 12.2. The van der Waals surface area contributed by atoms with Crippen molar-refractivity contribution in [2.45, 2.75) is 12.8 Å². The van der Waals surface area contributed by atoms with E-state index in [4.69, 9.17) is 4.74 Å². The van der Waals surface area contributed by atoms with Gasteiger partial charge in [0.2, 0.25) is 0 Å². The minimum absolute atomic E-state index is 0.0140. The summed E-state index contributed by atoms with van der Waals surface area (Å²) in [4.78, 5) is 21.7.